The number of aromatic nitrogens is 2. The van der Waals surface area contributed by atoms with Crippen LogP contribution in [0.15, 0.2) is 12.4 Å². The van der Waals surface area contributed by atoms with E-state index in [2.05, 4.69) is 9.97 Å². The highest BCUT2D eigenvalue weighted by atomic mass is 35.5. The van der Waals surface area contributed by atoms with Gasteiger partial charge in [0.1, 0.15) is 6.10 Å². The van der Waals surface area contributed by atoms with Gasteiger partial charge in [-0.25, -0.2) is 9.97 Å². The molecule has 2 rings (SSSR count). The standard InChI is InChI=1S/C7H7ClN2O2/c8-6-7(10-2-1-9-6)12-5-3-11-4-5/h1-2,5H,3-4H2. The van der Waals surface area contributed by atoms with Crippen molar-refractivity contribution in [2.24, 2.45) is 0 Å². The minimum absolute atomic E-state index is 0.0826. The van der Waals surface area contributed by atoms with Crippen molar-refractivity contribution in [1.82, 2.24) is 9.97 Å². The molecule has 0 saturated carbocycles. The molecule has 2 heterocycles. The molecule has 1 aliphatic heterocycles. The number of hydrogen-bond acceptors (Lipinski definition) is 4. The quantitative estimate of drug-likeness (QED) is 0.689. The van der Waals surface area contributed by atoms with Crippen LogP contribution in [0, 0.1) is 0 Å². The predicted octanol–water partition coefficient (Wildman–Crippen LogP) is 0.908. The van der Waals surface area contributed by atoms with Crippen molar-refractivity contribution < 1.29 is 9.47 Å². The summed E-state index contributed by atoms with van der Waals surface area (Å²) >= 11 is 5.71. The molecule has 0 aliphatic carbocycles. The lowest BCUT2D eigenvalue weighted by atomic mass is 10.3. The van der Waals surface area contributed by atoms with Crippen molar-refractivity contribution in [3.63, 3.8) is 0 Å². The molecule has 64 valence electrons. The average molecular weight is 187 g/mol. The fourth-order valence-corrected chi connectivity index (χ4v) is 0.977. The Morgan fingerprint density at radius 2 is 2.17 bits per heavy atom. The van der Waals surface area contributed by atoms with Crippen LogP contribution < -0.4 is 4.74 Å². The van der Waals surface area contributed by atoms with Gasteiger partial charge in [-0.2, -0.15) is 0 Å². The van der Waals surface area contributed by atoms with E-state index in [0.717, 1.165) is 0 Å². The Morgan fingerprint density at radius 3 is 2.75 bits per heavy atom. The summed E-state index contributed by atoms with van der Waals surface area (Å²) in [5.74, 6) is 0.382. The highest BCUT2D eigenvalue weighted by Crippen LogP contribution is 2.20. The van der Waals surface area contributed by atoms with Crippen molar-refractivity contribution in [3.8, 4) is 5.88 Å². The summed E-state index contributed by atoms with van der Waals surface area (Å²) in [6.45, 7) is 1.21. The molecule has 1 aliphatic rings. The zero-order valence-corrected chi connectivity index (χ0v) is 6.99. The predicted molar refractivity (Wildman–Crippen MR) is 42.3 cm³/mol. The Bertz CT molecular complexity index is 278. The lowest BCUT2D eigenvalue weighted by molar-refractivity contribution is -0.0814. The Kier molecular flexibility index (Phi) is 2.10. The van der Waals surface area contributed by atoms with E-state index in [1.54, 1.807) is 6.20 Å². The minimum Gasteiger partial charge on any atom is -0.467 e. The molecule has 0 bridgehead atoms. The molecule has 0 unspecified atom stereocenters. The van der Waals surface area contributed by atoms with Crippen LogP contribution in [0.3, 0.4) is 0 Å². The van der Waals surface area contributed by atoms with Crippen molar-refractivity contribution in [1.29, 1.82) is 0 Å². The summed E-state index contributed by atoms with van der Waals surface area (Å²) in [7, 11) is 0. The zero-order chi connectivity index (χ0) is 8.39. The van der Waals surface area contributed by atoms with Gasteiger partial charge in [-0.05, 0) is 0 Å². The molecule has 1 aromatic rings. The molecule has 5 heteroatoms. The van der Waals surface area contributed by atoms with Crippen LogP contribution in [-0.4, -0.2) is 29.3 Å². The first kappa shape index (κ1) is 7.76. The number of nitrogens with zero attached hydrogens (tertiary/aromatic N) is 2. The maximum Gasteiger partial charge on any atom is 0.252 e. The van der Waals surface area contributed by atoms with Crippen LogP contribution in [0.2, 0.25) is 5.15 Å². The molecule has 1 fully saturated rings. The van der Waals surface area contributed by atoms with Gasteiger partial charge in [-0.1, -0.05) is 11.6 Å². The largest absolute Gasteiger partial charge is 0.467 e. The summed E-state index contributed by atoms with van der Waals surface area (Å²) in [6.07, 6.45) is 3.15. The van der Waals surface area contributed by atoms with E-state index in [0.29, 0.717) is 24.2 Å². The molecule has 0 radical (unpaired) electrons. The van der Waals surface area contributed by atoms with Crippen molar-refractivity contribution >= 4 is 11.6 Å². The second-order valence-electron chi connectivity index (χ2n) is 2.43. The monoisotopic (exact) mass is 186 g/mol. The van der Waals surface area contributed by atoms with Gasteiger partial charge in [0.2, 0.25) is 0 Å². The molecule has 0 atom stereocenters. The number of hydrogen-bond donors (Lipinski definition) is 0. The molecule has 12 heavy (non-hydrogen) atoms. The van der Waals surface area contributed by atoms with Gasteiger partial charge in [0.15, 0.2) is 5.15 Å². The van der Waals surface area contributed by atoms with Gasteiger partial charge >= 0.3 is 0 Å². The van der Waals surface area contributed by atoms with Gasteiger partial charge in [0.05, 0.1) is 13.2 Å². The van der Waals surface area contributed by atoms with Crippen LogP contribution in [0.4, 0.5) is 0 Å². The lowest BCUT2D eigenvalue weighted by Crippen LogP contribution is -2.38. The number of halogens is 1. The minimum atomic E-state index is 0.0826. The first-order valence-electron chi connectivity index (χ1n) is 3.57. The number of rotatable bonds is 2. The Hall–Kier alpha value is -0.870. The topological polar surface area (TPSA) is 44.2 Å². The third-order valence-corrected chi connectivity index (χ3v) is 1.77. The van der Waals surface area contributed by atoms with E-state index in [-0.39, 0.29) is 6.10 Å². The third-order valence-electron chi connectivity index (χ3n) is 1.51. The van der Waals surface area contributed by atoms with E-state index in [9.17, 15) is 0 Å². The summed E-state index contributed by atoms with van der Waals surface area (Å²) in [4.78, 5) is 7.76. The third kappa shape index (κ3) is 1.49. The van der Waals surface area contributed by atoms with Gasteiger partial charge in [-0.3, -0.25) is 0 Å². The highest BCUT2D eigenvalue weighted by molar-refractivity contribution is 6.30. The molecule has 0 amide bonds. The first-order chi connectivity index (χ1) is 5.86. The van der Waals surface area contributed by atoms with E-state index in [1.165, 1.54) is 6.20 Å². The first-order valence-corrected chi connectivity index (χ1v) is 3.95. The molecular weight excluding hydrogens is 180 g/mol. The second-order valence-corrected chi connectivity index (χ2v) is 2.79. The van der Waals surface area contributed by atoms with Crippen LogP contribution in [0.5, 0.6) is 5.88 Å². The fourth-order valence-electron chi connectivity index (χ4n) is 0.827. The van der Waals surface area contributed by atoms with Crippen LogP contribution >= 0.6 is 11.6 Å². The van der Waals surface area contributed by atoms with Crippen molar-refractivity contribution in [3.05, 3.63) is 17.5 Å². The van der Waals surface area contributed by atoms with E-state index < -0.39 is 0 Å². The lowest BCUT2D eigenvalue weighted by Gasteiger charge is -2.25. The summed E-state index contributed by atoms with van der Waals surface area (Å²) in [5, 5.41) is 0.296. The van der Waals surface area contributed by atoms with Gasteiger partial charge in [0, 0.05) is 12.4 Å². The second kappa shape index (κ2) is 3.25. The van der Waals surface area contributed by atoms with Crippen LogP contribution in [-0.2, 0) is 4.74 Å². The van der Waals surface area contributed by atoms with Crippen molar-refractivity contribution in [2.45, 2.75) is 6.10 Å². The van der Waals surface area contributed by atoms with E-state index >= 15 is 0 Å². The van der Waals surface area contributed by atoms with Gasteiger partial charge in [0.25, 0.3) is 5.88 Å². The average Bonchev–Trinajstić information content (AvgIpc) is 2.00. The molecule has 0 spiro atoms. The maximum atomic E-state index is 5.71. The molecule has 0 aromatic carbocycles. The van der Waals surface area contributed by atoms with E-state index in [1.807, 2.05) is 0 Å². The smallest absolute Gasteiger partial charge is 0.252 e. The molecule has 1 aromatic heterocycles. The highest BCUT2D eigenvalue weighted by Gasteiger charge is 2.21. The van der Waals surface area contributed by atoms with Crippen LogP contribution in [0.25, 0.3) is 0 Å². The van der Waals surface area contributed by atoms with E-state index in [4.69, 9.17) is 21.1 Å². The SMILES string of the molecule is Clc1nccnc1OC1COC1. The van der Waals surface area contributed by atoms with Crippen molar-refractivity contribution in [2.75, 3.05) is 13.2 Å². The molecule has 0 N–H and O–H groups in total. The molecule has 1 saturated heterocycles. The Labute approximate surface area is 74.5 Å². The summed E-state index contributed by atoms with van der Waals surface area (Å²) in [5.41, 5.74) is 0. The zero-order valence-electron chi connectivity index (χ0n) is 6.24. The Morgan fingerprint density at radius 1 is 1.42 bits per heavy atom. The van der Waals surface area contributed by atoms with Gasteiger partial charge in [-0.15, -0.1) is 0 Å². The fraction of sp³-hybridized carbons (Fsp3) is 0.429. The Balaban J connectivity index is 2.06. The maximum absolute atomic E-state index is 5.71. The van der Waals surface area contributed by atoms with Gasteiger partial charge < -0.3 is 9.47 Å². The summed E-state index contributed by atoms with van der Waals surface area (Å²) < 4.78 is 10.3. The molecule has 4 nitrogen and oxygen atoms in total. The number of ether oxygens (including phenoxy) is 2. The molecular formula is C7H7ClN2O2. The summed E-state index contributed by atoms with van der Waals surface area (Å²) in [6, 6.07) is 0. The van der Waals surface area contributed by atoms with Crippen LogP contribution in [0.1, 0.15) is 0 Å². The normalized spacial score (nSPS) is 17.1.